The fourth-order valence-corrected chi connectivity index (χ4v) is 6.81. The minimum atomic E-state index is -0.378. The van der Waals surface area contributed by atoms with Crippen LogP contribution in [-0.4, -0.2) is 25.3 Å². The van der Waals surface area contributed by atoms with E-state index in [1.165, 1.54) is 19.3 Å². The Morgan fingerprint density at radius 2 is 1.73 bits per heavy atom. The molecular formula is C23H40O3. The summed E-state index contributed by atoms with van der Waals surface area (Å²) in [4.78, 5) is 13.4. The lowest BCUT2D eigenvalue weighted by molar-refractivity contribution is -0.214. The summed E-state index contributed by atoms with van der Waals surface area (Å²) in [5.41, 5.74) is -0.216. The van der Waals surface area contributed by atoms with E-state index in [9.17, 15) is 4.79 Å². The number of ether oxygens (including phenoxy) is 2. The number of methoxy groups -OCH3 is 1. The molecule has 4 rings (SSSR count). The quantitative estimate of drug-likeness (QED) is 0.525. The molecule has 0 radical (unpaired) electrons. The van der Waals surface area contributed by atoms with Gasteiger partial charge in [0, 0.05) is 13.7 Å². The van der Waals surface area contributed by atoms with E-state index in [-0.39, 0.29) is 17.0 Å². The molecule has 0 aliphatic heterocycles. The van der Waals surface area contributed by atoms with Gasteiger partial charge in [-0.2, -0.15) is 0 Å². The summed E-state index contributed by atoms with van der Waals surface area (Å²) in [7, 11) is 1.80. The molecule has 4 aliphatic rings. The van der Waals surface area contributed by atoms with Gasteiger partial charge < -0.3 is 9.47 Å². The summed E-state index contributed by atoms with van der Waals surface area (Å²) < 4.78 is 11.9. The third kappa shape index (κ3) is 3.70. The molecule has 3 heteroatoms. The van der Waals surface area contributed by atoms with Gasteiger partial charge in [-0.1, -0.05) is 27.7 Å². The van der Waals surface area contributed by atoms with E-state index < -0.39 is 0 Å². The second-order valence-corrected chi connectivity index (χ2v) is 10.9. The van der Waals surface area contributed by atoms with Crippen molar-refractivity contribution < 1.29 is 14.3 Å². The first-order valence-corrected chi connectivity index (χ1v) is 10.8. The molecule has 4 bridgehead atoms. The van der Waals surface area contributed by atoms with Crippen LogP contribution < -0.4 is 0 Å². The van der Waals surface area contributed by atoms with Crippen molar-refractivity contribution in [3.8, 4) is 0 Å². The summed E-state index contributed by atoms with van der Waals surface area (Å²) in [5, 5.41) is 0. The van der Waals surface area contributed by atoms with E-state index in [1.54, 1.807) is 7.11 Å². The van der Waals surface area contributed by atoms with Gasteiger partial charge in [0.25, 0.3) is 0 Å². The van der Waals surface area contributed by atoms with Crippen LogP contribution in [0.15, 0.2) is 0 Å². The molecule has 3 nitrogen and oxygen atoms in total. The molecule has 0 heterocycles. The van der Waals surface area contributed by atoms with Gasteiger partial charge in [0.15, 0.2) is 0 Å². The normalized spacial score (nSPS) is 38.0. The summed E-state index contributed by atoms with van der Waals surface area (Å²) in [6, 6.07) is 0. The molecule has 4 saturated carbocycles. The highest BCUT2D eigenvalue weighted by molar-refractivity contribution is 5.77. The van der Waals surface area contributed by atoms with Crippen LogP contribution in [0.2, 0.25) is 0 Å². The highest BCUT2D eigenvalue weighted by Crippen LogP contribution is 2.64. The molecular weight excluding hydrogens is 324 g/mol. The highest BCUT2D eigenvalue weighted by atomic mass is 16.6. The van der Waals surface area contributed by atoms with Crippen LogP contribution in [0.1, 0.15) is 86.0 Å². The Balaban J connectivity index is 1.79. The monoisotopic (exact) mass is 364 g/mol. The van der Waals surface area contributed by atoms with Crippen LogP contribution in [0.25, 0.3) is 0 Å². The number of esters is 1. The predicted molar refractivity (Wildman–Crippen MR) is 105 cm³/mol. The average molecular weight is 365 g/mol. The lowest BCUT2D eigenvalue weighted by atomic mass is 9.47. The average Bonchev–Trinajstić information content (AvgIpc) is 2.50. The Kier molecular flexibility index (Phi) is 5.52. The molecule has 0 amide bonds. The van der Waals surface area contributed by atoms with E-state index in [1.807, 2.05) is 0 Å². The fourth-order valence-electron chi connectivity index (χ4n) is 6.81. The molecule has 0 aromatic carbocycles. The minimum Gasteiger partial charge on any atom is -0.459 e. The minimum absolute atomic E-state index is 0.0602. The van der Waals surface area contributed by atoms with Gasteiger partial charge in [-0.15, -0.1) is 0 Å². The molecule has 0 N–H and O–H groups in total. The molecule has 4 aliphatic carbocycles. The Morgan fingerprint density at radius 3 is 2.23 bits per heavy atom. The van der Waals surface area contributed by atoms with Crippen LogP contribution >= 0.6 is 0 Å². The molecule has 150 valence electrons. The van der Waals surface area contributed by atoms with Crippen LogP contribution in [0.3, 0.4) is 0 Å². The van der Waals surface area contributed by atoms with Crippen molar-refractivity contribution in [2.75, 3.05) is 13.7 Å². The lowest BCUT2D eigenvalue weighted by Crippen LogP contribution is -2.58. The van der Waals surface area contributed by atoms with Crippen LogP contribution in [0.5, 0.6) is 0 Å². The van der Waals surface area contributed by atoms with Gasteiger partial charge in [-0.25, -0.2) is 0 Å². The van der Waals surface area contributed by atoms with Crippen molar-refractivity contribution in [1.82, 2.24) is 0 Å². The van der Waals surface area contributed by atoms with Gasteiger partial charge in [0.2, 0.25) is 0 Å². The van der Waals surface area contributed by atoms with E-state index in [0.29, 0.717) is 17.3 Å². The summed E-state index contributed by atoms with van der Waals surface area (Å²) >= 11 is 0. The third-order valence-corrected chi connectivity index (χ3v) is 7.85. The number of rotatable bonds is 8. The Bertz CT molecular complexity index is 510. The second kappa shape index (κ2) is 7.11. The van der Waals surface area contributed by atoms with E-state index >= 15 is 0 Å². The zero-order chi connectivity index (χ0) is 19.2. The highest BCUT2D eigenvalue weighted by Gasteiger charge is 2.60. The number of hydrogen-bond acceptors (Lipinski definition) is 3. The third-order valence-electron chi connectivity index (χ3n) is 7.85. The topological polar surface area (TPSA) is 35.5 Å². The zero-order valence-corrected chi connectivity index (χ0v) is 17.9. The molecule has 0 spiro atoms. The van der Waals surface area contributed by atoms with Crippen LogP contribution in [0, 0.1) is 34.5 Å². The van der Waals surface area contributed by atoms with Crippen molar-refractivity contribution in [3.63, 3.8) is 0 Å². The number of carbonyl (C=O) groups is 1. The number of hydrogen-bond donors (Lipinski definition) is 0. The first-order valence-electron chi connectivity index (χ1n) is 10.8. The Labute approximate surface area is 160 Å². The van der Waals surface area contributed by atoms with Crippen molar-refractivity contribution in [1.29, 1.82) is 0 Å². The first-order chi connectivity index (χ1) is 12.1. The number of carbonyl (C=O) groups excluding carboxylic acids is 1. The smallest absolute Gasteiger partial charge is 0.312 e. The van der Waals surface area contributed by atoms with Crippen molar-refractivity contribution in [3.05, 3.63) is 0 Å². The maximum atomic E-state index is 13.4. The standard InChI is InChI=1S/C23H40O3/c1-16(2)10-21(5,17(3)4)20(24)26-23-13-18-9-19(14-23)12-22(11-18,15-23)7-8-25-6/h16-19H,7-15H2,1-6H3. The van der Waals surface area contributed by atoms with Crippen LogP contribution in [0.4, 0.5) is 0 Å². The van der Waals surface area contributed by atoms with Crippen molar-refractivity contribution in [2.45, 2.75) is 91.6 Å². The first kappa shape index (κ1) is 20.2. The molecule has 3 atom stereocenters. The molecule has 0 saturated heterocycles. The molecule has 0 aromatic rings. The van der Waals surface area contributed by atoms with Gasteiger partial charge in [-0.05, 0) is 87.4 Å². The second-order valence-electron chi connectivity index (χ2n) is 10.9. The molecule has 26 heavy (non-hydrogen) atoms. The van der Waals surface area contributed by atoms with E-state index in [0.717, 1.165) is 50.5 Å². The Morgan fingerprint density at radius 1 is 1.12 bits per heavy atom. The fraction of sp³-hybridized carbons (Fsp3) is 0.957. The molecule has 0 aromatic heterocycles. The maximum Gasteiger partial charge on any atom is 0.312 e. The van der Waals surface area contributed by atoms with Gasteiger partial charge in [0.05, 0.1) is 5.41 Å². The van der Waals surface area contributed by atoms with Gasteiger partial charge in [-0.3, -0.25) is 4.79 Å². The van der Waals surface area contributed by atoms with E-state index in [2.05, 4.69) is 34.6 Å². The molecule has 3 unspecified atom stereocenters. The summed E-state index contributed by atoms with van der Waals surface area (Å²) in [6.45, 7) is 11.7. The van der Waals surface area contributed by atoms with E-state index in [4.69, 9.17) is 9.47 Å². The summed E-state index contributed by atoms with van der Waals surface area (Å²) in [6.07, 6.45) is 9.28. The largest absolute Gasteiger partial charge is 0.459 e. The predicted octanol–water partition coefficient (Wildman–Crippen LogP) is 5.61. The lowest BCUT2D eigenvalue weighted by Gasteiger charge is -2.61. The van der Waals surface area contributed by atoms with Crippen LogP contribution in [-0.2, 0) is 14.3 Å². The van der Waals surface area contributed by atoms with Crippen molar-refractivity contribution >= 4 is 5.97 Å². The summed E-state index contributed by atoms with van der Waals surface area (Å²) in [5.74, 6) is 2.35. The zero-order valence-electron chi connectivity index (χ0n) is 17.9. The Hall–Kier alpha value is -0.570. The van der Waals surface area contributed by atoms with Crippen molar-refractivity contribution in [2.24, 2.45) is 34.5 Å². The molecule has 4 fully saturated rings. The maximum absolute atomic E-state index is 13.4. The SMILES string of the molecule is COCCC12CC3CC(C1)CC(OC(=O)C(C)(CC(C)C)C(C)C)(C3)C2. The van der Waals surface area contributed by atoms with Gasteiger partial charge in [0.1, 0.15) is 5.60 Å². The van der Waals surface area contributed by atoms with Gasteiger partial charge >= 0.3 is 5.97 Å².